The number of halogens is 4. The van der Waals surface area contributed by atoms with E-state index in [1.165, 1.54) is 0 Å². The van der Waals surface area contributed by atoms with Crippen LogP contribution in [-0.4, -0.2) is 38.7 Å². The molecule has 0 spiro atoms. The van der Waals surface area contributed by atoms with E-state index in [1.807, 2.05) is 31.2 Å². The minimum Gasteiger partial charge on any atom is -0.490 e. The van der Waals surface area contributed by atoms with E-state index in [1.54, 1.807) is 12.1 Å². The molecule has 0 radical (unpaired) electrons. The largest absolute Gasteiger partial charge is 0.490 e. The molecule has 2 rings (SSSR count). The topological polar surface area (TPSA) is 33.7 Å². The van der Waals surface area contributed by atoms with Crippen LogP contribution < -0.4 is 14.8 Å². The maximum Gasteiger partial charge on any atom is 0.161 e. The summed E-state index contributed by atoms with van der Waals surface area (Å²) in [6, 6.07) is 11.4. The molecule has 158 valence electrons. The van der Waals surface area contributed by atoms with Gasteiger partial charge in [0.1, 0.15) is 6.61 Å². The van der Waals surface area contributed by atoms with Gasteiger partial charge in [0.15, 0.2) is 11.5 Å². The smallest absolute Gasteiger partial charge is 0.161 e. The molecule has 0 amide bonds. The van der Waals surface area contributed by atoms with Crippen LogP contribution >= 0.6 is 48.0 Å². The second-order valence-corrected chi connectivity index (χ2v) is 7.06. The molecule has 0 bridgehead atoms. The van der Waals surface area contributed by atoms with Crippen LogP contribution in [0.2, 0.25) is 10.0 Å². The van der Waals surface area contributed by atoms with Crippen LogP contribution in [0.3, 0.4) is 0 Å². The first-order valence-corrected chi connectivity index (χ1v) is 9.43. The molecule has 2 aromatic carbocycles. The Balaban J connectivity index is 0.00000364. The van der Waals surface area contributed by atoms with E-state index in [9.17, 15) is 0 Å². The molecule has 0 unspecified atom stereocenters. The second-order valence-electron chi connectivity index (χ2n) is 6.22. The van der Waals surface area contributed by atoms with Gasteiger partial charge in [0.2, 0.25) is 0 Å². The predicted octanol–water partition coefficient (Wildman–Crippen LogP) is 5.47. The number of nitrogens with zero attached hydrogens (tertiary/aromatic N) is 1. The lowest BCUT2D eigenvalue weighted by molar-refractivity contribution is 0.269. The van der Waals surface area contributed by atoms with Gasteiger partial charge >= 0.3 is 0 Å². The molecular formula is C20H28Cl4N2O2. The molecule has 4 nitrogen and oxygen atoms in total. The van der Waals surface area contributed by atoms with Gasteiger partial charge in [-0.3, -0.25) is 0 Å². The number of likely N-dealkylation sites (N-methyl/N-ethyl adjacent to an activating group) is 1. The molecule has 2 aromatic rings. The van der Waals surface area contributed by atoms with Crippen molar-refractivity contribution in [3.05, 3.63) is 57.6 Å². The Morgan fingerprint density at radius 3 is 2.36 bits per heavy atom. The summed E-state index contributed by atoms with van der Waals surface area (Å²) in [5, 5.41) is 4.63. The maximum atomic E-state index is 6.21. The molecule has 1 N–H and O–H groups in total. The van der Waals surface area contributed by atoms with Gasteiger partial charge in [0, 0.05) is 35.2 Å². The van der Waals surface area contributed by atoms with Gasteiger partial charge < -0.3 is 19.7 Å². The monoisotopic (exact) mass is 468 g/mol. The van der Waals surface area contributed by atoms with Crippen molar-refractivity contribution in [1.82, 2.24) is 10.2 Å². The SMILES string of the molecule is CCOc1cc(CNCCN(C)C)ccc1OCc1ccc(Cl)cc1Cl.Cl.Cl. The fraction of sp³-hybridized carbons (Fsp3) is 0.400. The third-order valence-corrected chi connectivity index (χ3v) is 4.36. The fourth-order valence-electron chi connectivity index (χ4n) is 2.38. The van der Waals surface area contributed by atoms with Crippen LogP contribution in [0.4, 0.5) is 0 Å². The van der Waals surface area contributed by atoms with Crippen molar-refractivity contribution in [2.24, 2.45) is 0 Å². The number of benzene rings is 2. The summed E-state index contributed by atoms with van der Waals surface area (Å²) in [5.41, 5.74) is 2.04. The van der Waals surface area contributed by atoms with Gasteiger partial charge in [-0.2, -0.15) is 0 Å². The van der Waals surface area contributed by atoms with Crippen molar-refractivity contribution < 1.29 is 9.47 Å². The van der Waals surface area contributed by atoms with Gasteiger partial charge in [-0.1, -0.05) is 35.3 Å². The first-order chi connectivity index (χ1) is 12.5. The summed E-state index contributed by atoms with van der Waals surface area (Å²) < 4.78 is 11.7. The molecule has 0 heterocycles. The van der Waals surface area contributed by atoms with Crippen LogP contribution in [0.25, 0.3) is 0 Å². The molecule has 0 atom stereocenters. The van der Waals surface area contributed by atoms with Crippen LogP contribution in [0.1, 0.15) is 18.1 Å². The highest BCUT2D eigenvalue weighted by Crippen LogP contribution is 2.30. The number of hydrogen-bond acceptors (Lipinski definition) is 4. The lowest BCUT2D eigenvalue weighted by Crippen LogP contribution is -2.26. The summed E-state index contributed by atoms with van der Waals surface area (Å²) in [5.74, 6) is 1.44. The highest BCUT2D eigenvalue weighted by atomic mass is 35.5. The lowest BCUT2D eigenvalue weighted by Gasteiger charge is -2.15. The van der Waals surface area contributed by atoms with Crippen molar-refractivity contribution in [3.63, 3.8) is 0 Å². The summed E-state index contributed by atoms with van der Waals surface area (Å²) in [7, 11) is 4.13. The zero-order chi connectivity index (χ0) is 18.9. The van der Waals surface area contributed by atoms with Gasteiger partial charge in [0.25, 0.3) is 0 Å². The Labute approximate surface area is 190 Å². The fourth-order valence-corrected chi connectivity index (χ4v) is 2.84. The molecular weight excluding hydrogens is 442 g/mol. The summed E-state index contributed by atoms with van der Waals surface area (Å²) in [4.78, 5) is 2.15. The molecule has 0 fully saturated rings. The third kappa shape index (κ3) is 9.08. The maximum absolute atomic E-state index is 6.21. The van der Waals surface area contributed by atoms with Gasteiger partial charge in [-0.05, 0) is 50.8 Å². The van der Waals surface area contributed by atoms with E-state index in [0.717, 1.165) is 36.5 Å². The molecule has 8 heteroatoms. The number of rotatable bonds is 10. The van der Waals surface area contributed by atoms with Crippen LogP contribution in [0, 0.1) is 0 Å². The Morgan fingerprint density at radius 2 is 1.71 bits per heavy atom. The lowest BCUT2D eigenvalue weighted by atomic mass is 10.2. The Bertz CT molecular complexity index is 715. The highest BCUT2D eigenvalue weighted by Gasteiger charge is 2.09. The van der Waals surface area contributed by atoms with Crippen molar-refractivity contribution in [2.75, 3.05) is 33.8 Å². The predicted molar refractivity (Wildman–Crippen MR) is 123 cm³/mol. The Morgan fingerprint density at radius 1 is 0.964 bits per heavy atom. The third-order valence-electron chi connectivity index (χ3n) is 3.77. The molecule has 0 saturated carbocycles. The van der Waals surface area contributed by atoms with Gasteiger partial charge in [0.05, 0.1) is 6.61 Å². The normalized spacial score (nSPS) is 10.2. The first-order valence-electron chi connectivity index (χ1n) is 8.67. The van der Waals surface area contributed by atoms with Gasteiger partial charge in [-0.15, -0.1) is 24.8 Å². The molecule has 0 saturated heterocycles. The molecule has 0 aliphatic rings. The van der Waals surface area contributed by atoms with E-state index in [2.05, 4.69) is 24.3 Å². The summed E-state index contributed by atoms with van der Waals surface area (Å²) in [6.45, 7) is 5.62. The zero-order valence-electron chi connectivity index (χ0n) is 16.3. The van der Waals surface area contributed by atoms with Crippen molar-refractivity contribution in [2.45, 2.75) is 20.1 Å². The second kappa shape index (κ2) is 14.2. The zero-order valence-corrected chi connectivity index (χ0v) is 19.5. The number of ether oxygens (including phenoxy) is 2. The average molecular weight is 470 g/mol. The molecule has 0 aliphatic carbocycles. The highest BCUT2D eigenvalue weighted by molar-refractivity contribution is 6.35. The minimum absolute atomic E-state index is 0. The minimum atomic E-state index is 0. The van der Waals surface area contributed by atoms with Crippen molar-refractivity contribution >= 4 is 48.0 Å². The number of nitrogens with one attached hydrogen (secondary N) is 1. The van der Waals surface area contributed by atoms with Crippen LogP contribution in [-0.2, 0) is 13.2 Å². The van der Waals surface area contributed by atoms with E-state index in [4.69, 9.17) is 32.7 Å². The summed E-state index contributed by atoms with van der Waals surface area (Å²) in [6.07, 6.45) is 0. The van der Waals surface area contributed by atoms with Gasteiger partial charge in [-0.25, -0.2) is 0 Å². The Kier molecular flexibility index (Phi) is 13.7. The van der Waals surface area contributed by atoms with Crippen LogP contribution in [0.5, 0.6) is 11.5 Å². The first kappa shape index (κ1) is 27.1. The molecule has 0 aliphatic heterocycles. The molecule has 28 heavy (non-hydrogen) atoms. The van der Waals surface area contributed by atoms with Crippen molar-refractivity contribution in [1.29, 1.82) is 0 Å². The standard InChI is InChI=1S/C20H26Cl2N2O2.2ClH/c1-4-25-20-11-15(13-23-9-10-24(2)3)5-8-19(20)26-14-16-6-7-17(21)12-18(16)22;;/h5-8,11-12,23H,4,9-10,13-14H2,1-3H3;2*1H. The van der Waals surface area contributed by atoms with E-state index >= 15 is 0 Å². The van der Waals surface area contributed by atoms with E-state index in [-0.39, 0.29) is 24.8 Å². The Hall–Kier alpha value is -0.880. The summed E-state index contributed by atoms with van der Waals surface area (Å²) >= 11 is 12.1. The van der Waals surface area contributed by atoms with E-state index in [0.29, 0.717) is 29.0 Å². The van der Waals surface area contributed by atoms with Crippen molar-refractivity contribution in [3.8, 4) is 11.5 Å². The number of hydrogen-bond donors (Lipinski definition) is 1. The molecule has 0 aromatic heterocycles. The van der Waals surface area contributed by atoms with Crippen LogP contribution in [0.15, 0.2) is 36.4 Å². The quantitative estimate of drug-likeness (QED) is 0.468. The average Bonchev–Trinajstić information content (AvgIpc) is 2.59. The van der Waals surface area contributed by atoms with E-state index < -0.39 is 0 Å².